The maximum absolute atomic E-state index is 12.1. The van der Waals surface area contributed by atoms with Gasteiger partial charge in [-0.1, -0.05) is 38.3 Å². The number of aliphatic hydroxyl groups excluding tert-OH is 1. The maximum atomic E-state index is 12.1. The Morgan fingerprint density at radius 1 is 1.35 bits per heavy atom. The quantitative estimate of drug-likeness (QED) is 0.670. The summed E-state index contributed by atoms with van der Waals surface area (Å²) in [6.45, 7) is 3.89. The van der Waals surface area contributed by atoms with Gasteiger partial charge in [0.2, 0.25) is 10.0 Å². The lowest BCUT2D eigenvalue weighted by molar-refractivity contribution is 0.107. The average molecular weight is 321 g/mol. The minimum Gasteiger partial charge on any atom is -0.398 e. The molecule has 0 aliphatic carbocycles. The number of anilines is 1. The second-order valence-electron chi connectivity index (χ2n) is 4.68. The molecule has 0 aliphatic rings. The van der Waals surface area contributed by atoms with Crippen molar-refractivity contribution in [2.24, 2.45) is 5.92 Å². The zero-order chi connectivity index (χ0) is 15.3. The maximum Gasteiger partial charge on any atom is 0.242 e. The van der Waals surface area contributed by atoms with E-state index in [1.54, 1.807) is 0 Å². The summed E-state index contributed by atoms with van der Waals surface area (Å²) in [5.41, 5.74) is 5.75. The van der Waals surface area contributed by atoms with Gasteiger partial charge in [0.15, 0.2) is 0 Å². The summed E-state index contributed by atoms with van der Waals surface area (Å²) < 4.78 is 26.6. The molecule has 0 saturated carbocycles. The largest absolute Gasteiger partial charge is 0.398 e. The molecule has 1 atom stereocenters. The highest BCUT2D eigenvalue weighted by Gasteiger charge is 2.21. The molecule has 20 heavy (non-hydrogen) atoms. The molecule has 0 amide bonds. The van der Waals surface area contributed by atoms with Crippen LogP contribution in [-0.4, -0.2) is 26.2 Å². The van der Waals surface area contributed by atoms with E-state index >= 15 is 0 Å². The Morgan fingerprint density at radius 2 is 1.95 bits per heavy atom. The summed E-state index contributed by atoms with van der Waals surface area (Å²) in [5, 5.41) is 10.3. The fourth-order valence-corrected chi connectivity index (χ4v) is 3.38. The molecule has 114 valence electrons. The van der Waals surface area contributed by atoms with E-state index in [2.05, 4.69) is 4.72 Å². The van der Waals surface area contributed by atoms with Gasteiger partial charge in [0.25, 0.3) is 0 Å². The van der Waals surface area contributed by atoms with Crippen LogP contribution in [0.3, 0.4) is 0 Å². The molecule has 5 nitrogen and oxygen atoms in total. The third-order valence-corrected chi connectivity index (χ3v) is 5.07. The predicted octanol–water partition coefficient (Wildman–Crippen LogP) is 2.00. The van der Waals surface area contributed by atoms with E-state index in [0.717, 1.165) is 12.8 Å². The first-order valence-electron chi connectivity index (χ1n) is 6.54. The number of aliphatic hydroxyl groups is 1. The summed E-state index contributed by atoms with van der Waals surface area (Å²) in [5.74, 6) is 0.0697. The first-order chi connectivity index (χ1) is 9.31. The summed E-state index contributed by atoms with van der Waals surface area (Å²) in [4.78, 5) is -0.0290. The number of nitrogen functional groups attached to an aromatic ring is 1. The molecule has 4 N–H and O–H groups in total. The molecule has 0 heterocycles. The van der Waals surface area contributed by atoms with Gasteiger partial charge in [-0.25, -0.2) is 13.1 Å². The number of benzene rings is 1. The molecular formula is C13H21ClN2O3S. The Balaban J connectivity index is 2.80. The minimum atomic E-state index is -3.75. The fraction of sp³-hybridized carbons (Fsp3) is 0.538. The smallest absolute Gasteiger partial charge is 0.242 e. The highest BCUT2D eigenvalue weighted by molar-refractivity contribution is 7.89. The Hall–Kier alpha value is -0.820. The van der Waals surface area contributed by atoms with Crippen molar-refractivity contribution in [1.82, 2.24) is 4.72 Å². The Labute approximate surface area is 125 Å². The van der Waals surface area contributed by atoms with Gasteiger partial charge in [-0.15, -0.1) is 0 Å². The van der Waals surface area contributed by atoms with Crippen LogP contribution in [0.2, 0.25) is 5.02 Å². The third kappa shape index (κ3) is 4.34. The van der Waals surface area contributed by atoms with Gasteiger partial charge in [0, 0.05) is 11.6 Å². The lowest BCUT2D eigenvalue weighted by atomic mass is 9.97. The van der Waals surface area contributed by atoms with Gasteiger partial charge in [0.1, 0.15) is 4.90 Å². The summed E-state index contributed by atoms with van der Waals surface area (Å²) in [6.07, 6.45) is 0.874. The van der Waals surface area contributed by atoms with Crippen molar-refractivity contribution in [2.75, 3.05) is 12.3 Å². The topological polar surface area (TPSA) is 92.4 Å². The highest BCUT2D eigenvalue weighted by Crippen LogP contribution is 2.22. The van der Waals surface area contributed by atoms with Crippen molar-refractivity contribution < 1.29 is 13.5 Å². The van der Waals surface area contributed by atoms with Gasteiger partial charge in [-0.2, -0.15) is 0 Å². The number of halogens is 1. The molecule has 7 heteroatoms. The van der Waals surface area contributed by atoms with E-state index in [0.29, 0.717) is 5.02 Å². The summed E-state index contributed by atoms with van der Waals surface area (Å²) in [6, 6.07) is 4.20. The molecule has 0 bridgehead atoms. The number of sulfonamides is 1. The molecule has 0 aliphatic heterocycles. The van der Waals surface area contributed by atoms with Crippen LogP contribution >= 0.6 is 11.6 Å². The summed E-state index contributed by atoms with van der Waals surface area (Å²) in [7, 11) is -3.75. The molecule has 0 radical (unpaired) electrons. The zero-order valence-corrected chi connectivity index (χ0v) is 13.2. The number of hydrogen-bond donors (Lipinski definition) is 3. The van der Waals surface area contributed by atoms with Crippen molar-refractivity contribution in [2.45, 2.75) is 37.7 Å². The molecule has 0 fully saturated rings. The second-order valence-corrected chi connectivity index (χ2v) is 6.85. The van der Waals surface area contributed by atoms with E-state index < -0.39 is 16.1 Å². The van der Waals surface area contributed by atoms with Crippen LogP contribution in [0.5, 0.6) is 0 Å². The van der Waals surface area contributed by atoms with Crippen molar-refractivity contribution >= 4 is 27.3 Å². The fourth-order valence-electron chi connectivity index (χ4n) is 2.04. The number of nitrogens with one attached hydrogen (secondary N) is 1. The van der Waals surface area contributed by atoms with Crippen LogP contribution < -0.4 is 10.5 Å². The zero-order valence-electron chi connectivity index (χ0n) is 11.6. The SMILES string of the molecule is CCC(CC)C(O)CNS(=O)(=O)c1ccc(Cl)cc1N. The molecule has 1 rings (SSSR count). The van der Waals surface area contributed by atoms with E-state index in [1.807, 2.05) is 13.8 Å². The molecule has 1 unspecified atom stereocenters. The first-order valence-corrected chi connectivity index (χ1v) is 8.40. The van der Waals surface area contributed by atoms with Crippen molar-refractivity contribution in [3.05, 3.63) is 23.2 Å². The highest BCUT2D eigenvalue weighted by atomic mass is 35.5. The Kier molecular flexibility index (Phi) is 6.26. The second kappa shape index (κ2) is 7.26. The van der Waals surface area contributed by atoms with Gasteiger partial charge < -0.3 is 10.8 Å². The monoisotopic (exact) mass is 320 g/mol. The van der Waals surface area contributed by atoms with Crippen molar-refractivity contribution in [3.8, 4) is 0 Å². The average Bonchev–Trinajstić information content (AvgIpc) is 2.37. The first kappa shape index (κ1) is 17.2. The molecule has 0 saturated heterocycles. The van der Waals surface area contributed by atoms with Crippen LogP contribution in [0.15, 0.2) is 23.1 Å². The number of nitrogens with two attached hydrogens (primary N) is 1. The van der Waals surface area contributed by atoms with Crippen molar-refractivity contribution in [1.29, 1.82) is 0 Å². The van der Waals surface area contributed by atoms with E-state index in [4.69, 9.17) is 17.3 Å². The number of hydrogen-bond acceptors (Lipinski definition) is 4. The Bertz CT molecular complexity index is 545. The predicted molar refractivity (Wildman–Crippen MR) is 81.1 cm³/mol. The van der Waals surface area contributed by atoms with Crippen LogP contribution in [-0.2, 0) is 10.0 Å². The molecule has 1 aromatic rings. The van der Waals surface area contributed by atoms with Gasteiger partial charge in [0.05, 0.1) is 11.8 Å². The lowest BCUT2D eigenvalue weighted by Gasteiger charge is -2.20. The standard InChI is InChI=1S/C13H21ClN2O3S/c1-3-9(4-2)12(17)8-16-20(18,19)13-6-5-10(14)7-11(13)15/h5-7,9,12,16-17H,3-4,8,15H2,1-2H3. The summed E-state index contributed by atoms with van der Waals surface area (Å²) >= 11 is 5.74. The van der Waals surface area contributed by atoms with Gasteiger partial charge in [-0.05, 0) is 24.1 Å². The van der Waals surface area contributed by atoms with Crippen LogP contribution in [0.25, 0.3) is 0 Å². The normalized spacial score (nSPS) is 13.7. The van der Waals surface area contributed by atoms with Crippen molar-refractivity contribution in [3.63, 3.8) is 0 Å². The van der Waals surface area contributed by atoms with E-state index in [9.17, 15) is 13.5 Å². The molecule has 0 spiro atoms. The van der Waals surface area contributed by atoms with Crippen LogP contribution in [0, 0.1) is 5.92 Å². The minimum absolute atomic E-state index is 0.0290. The van der Waals surface area contributed by atoms with Crippen LogP contribution in [0.1, 0.15) is 26.7 Å². The lowest BCUT2D eigenvalue weighted by Crippen LogP contribution is -2.36. The van der Waals surface area contributed by atoms with Gasteiger partial charge >= 0.3 is 0 Å². The number of rotatable bonds is 7. The van der Waals surface area contributed by atoms with Crippen LogP contribution in [0.4, 0.5) is 5.69 Å². The van der Waals surface area contributed by atoms with Gasteiger partial charge in [-0.3, -0.25) is 0 Å². The van der Waals surface area contributed by atoms with E-state index in [1.165, 1.54) is 18.2 Å². The van der Waals surface area contributed by atoms with E-state index in [-0.39, 0.29) is 23.0 Å². The third-order valence-electron chi connectivity index (χ3n) is 3.34. The molecule has 0 aromatic heterocycles. The Morgan fingerprint density at radius 3 is 2.45 bits per heavy atom. The molecule has 1 aromatic carbocycles. The molecular weight excluding hydrogens is 300 g/mol.